The molecule has 0 bridgehead atoms. The Kier molecular flexibility index (Phi) is 7.09. The molecule has 0 aromatic rings. The minimum absolute atomic E-state index is 0.0256. The molecule has 0 aromatic carbocycles. The Morgan fingerprint density at radius 3 is 1.22 bits per heavy atom. The van der Waals surface area contributed by atoms with Gasteiger partial charge in [0.2, 0.25) is 0 Å². The van der Waals surface area contributed by atoms with Crippen LogP contribution in [0.5, 0.6) is 0 Å². The van der Waals surface area contributed by atoms with E-state index >= 15 is 0 Å². The molecule has 0 radical (unpaired) electrons. The first-order chi connectivity index (χ1) is 8.12. The summed E-state index contributed by atoms with van der Waals surface area (Å²) in [7, 11) is 0. The van der Waals surface area contributed by atoms with E-state index in [9.17, 15) is 0 Å². The number of hydrogen-bond donors (Lipinski definition) is 0. The summed E-state index contributed by atoms with van der Waals surface area (Å²) in [6.45, 7) is 17.9. The van der Waals surface area contributed by atoms with Crippen LogP contribution in [0, 0.1) is 11.8 Å². The average Bonchev–Trinajstić information content (AvgIpc) is 2.25. The summed E-state index contributed by atoms with van der Waals surface area (Å²) in [6.07, 6.45) is 4.67. The van der Waals surface area contributed by atoms with Crippen molar-refractivity contribution in [3.8, 4) is 0 Å². The lowest BCUT2D eigenvalue weighted by molar-refractivity contribution is 0.316. The third-order valence-electron chi connectivity index (χ3n) is 3.68. The molecule has 2 nitrogen and oxygen atoms in total. The molecule has 0 saturated heterocycles. The zero-order chi connectivity index (χ0) is 14.4. The Balaban J connectivity index is 4.50. The predicted molar refractivity (Wildman–Crippen MR) is 81.2 cm³/mol. The average molecular weight is 254 g/mol. The SMILES string of the molecule is CCC(C)CC(C)(C)N=NC(C)(C)CC(C)CC. The van der Waals surface area contributed by atoms with Crippen LogP contribution in [0.15, 0.2) is 10.2 Å². The van der Waals surface area contributed by atoms with Gasteiger partial charge >= 0.3 is 0 Å². The molecule has 2 heteroatoms. The molecule has 0 aliphatic rings. The van der Waals surface area contributed by atoms with Gasteiger partial charge in [0.05, 0.1) is 11.1 Å². The Morgan fingerprint density at radius 1 is 0.722 bits per heavy atom. The van der Waals surface area contributed by atoms with E-state index in [2.05, 4.69) is 65.6 Å². The molecule has 0 amide bonds. The second kappa shape index (κ2) is 7.25. The zero-order valence-electron chi connectivity index (χ0n) is 13.9. The molecular weight excluding hydrogens is 220 g/mol. The number of nitrogens with zero attached hydrogens (tertiary/aromatic N) is 2. The predicted octanol–water partition coefficient (Wildman–Crippen LogP) is 5.87. The summed E-state index contributed by atoms with van der Waals surface area (Å²) in [5, 5.41) is 9.26. The maximum absolute atomic E-state index is 4.63. The first-order valence-corrected chi connectivity index (χ1v) is 7.56. The summed E-state index contributed by atoms with van der Waals surface area (Å²) in [5.41, 5.74) is -0.0513. The van der Waals surface area contributed by atoms with Crippen LogP contribution in [-0.4, -0.2) is 11.1 Å². The van der Waals surface area contributed by atoms with Crippen molar-refractivity contribution in [1.82, 2.24) is 0 Å². The summed E-state index contributed by atoms with van der Waals surface area (Å²) < 4.78 is 0. The monoisotopic (exact) mass is 254 g/mol. The number of azo groups is 1. The van der Waals surface area contributed by atoms with Crippen molar-refractivity contribution < 1.29 is 0 Å². The van der Waals surface area contributed by atoms with E-state index in [1.807, 2.05) is 0 Å². The Bertz CT molecular complexity index is 228. The molecule has 2 atom stereocenters. The standard InChI is InChI=1S/C16H34N2/c1-9-13(3)11-15(5,6)17-18-16(7,8)12-14(4)10-2/h13-14H,9-12H2,1-8H3. The summed E-state index contributed by atoms with van der Waals surface area (Å²) in [6, 6.07) is 0. The molecule has 18 heavy (non-hydrogen) atoms. The molecule has 0 aliphatic carbocycles. The molecule has 0 fully saturated rings. The fourth-order valence-electron chi connectivity index (χ4n) is 2.35. The van der Waals surface area contributed by atoms with Crippen molar-refractivity contribution in [3.63, 3.8) is 0 Å². The van der Waals surface area contributed by atoms with Crippen molar-refractivity contribution in [3.05, 3.63) is 0 Å². The lowest BCUT2D eigenvalue weighted by Gasteiger charge is -2.26. The number of rotatable bonds is 8. The van der Waals surface area contributed by atoms with Crippen LogP contribution >= 0.6 is 0 Å². The van der Waals surface area contributed by atoms with Gasteiger partial charge in [0.15, 0.2) is 0 Å². The molecule has 0 aromatic heterocycles. The molecule has 0 aliphatic heterocycles. The lowest BCUT2D eigenvalue weighted by atomic mass is 9.90. The van der Waals surface area contributed by atoms with Gasteiger partial charge in [0, 0.05) is 0 Å². The van der Waals surface area contributed by atoms with Crippen molar-refractivity contribution in [2.75, 3.05) is 0 Å². The van der Waals surface area contributed by atoms with Gasteiger partial charge in [-0.2, -0.15) is 10.2 Å². The zero-order valence-corrected chi connectivity index (χ0v) is 13.9. The van der Waals surface area contributed by atoms with E-state index in [1.54, 1.807) is 0 Å². The minimum Gasteiger partial charge on any atom is -0.187 e. The van der Waals surface area contributed by atoms with Crippen LogP contribution < -0.4 is 0 Å². The van der Waals surface area contributed by atoms with E-state index in [4.69, 9.17) is 0 Å². The second-order valence-corrected chi connectivity index (χ2v) is 7.26. The number of hydrogen-bond acceptors (Lipinski definition) is 2. The Labute approximate surface area is 115 Å². The van der Waals surface area contributed by atoms with Crippen LogP contribution in [0.2, 0.25) is 0 Å². The molecule has 0 saturated carbocycles. The molecule has 2 unspecified atom stereocenters. The third-order valence-corrected chi connectivity index (χ3v) is 3.68. The van der Waals surface area contributed by atoms with Gasteiger partial charge in [-0.1, -0.05) is 40.5 Å². The van der Waals surface area contributed by atoms with Gasteiger partial charge in [-0.15, -0.1) is 0 Å². The second-order valence-electron chi connectivity index (χ2n) is 7.26. The van der Waals surface area contributed by atoms with Gasteiger partial charge in [0.25, 0.3) is 0 Å². The van der Waals surface area contributed by atoms with Gasteiger partial charge in [0.1, 0.15) is 0 Å². The van der Waals surface area contributed by atoms with Gasteiger partial charge in [-0.05, 0) is 52.4 Å². The molecule has 0 N–H and O–H groups in total. The maximum Gasteiger partial charge on any atom is 0.0762 e. The molecule has 0 heterocycles. The van der Waals surface area contributed by atoms with E-state index in [0.717, 1.165) is 24.7 Å². The highest BCUT2D eigenvalue weighted by Crippen LogP contribution is 2.27. The van der Waals surface area contributed by atoms with Crippen molar-refractivity contribution in [2.24, 2.45) is 22.1 Å². The Hall–Kier alpha value is -0.400. The van der Waals surface area contributed by atoms with E-state index < -0.39 is 0 Å². The van der Waals surface area contributed by atoms with Gasteiger partial charge < -0.3 is 0 Å². The van der Waals surface area contributed by atoms with Crippen LogP contribution in [-0.2, 0) is 0 Å². The van der Waals surface area contributed by atoms with Crippen LogP contribution in [0.1, 0.15) is 81.1 Å². The molecule has 0 spiro atoms. The lowest BCUT2D eigenvalue weighted by Crippen LogP contribution is -2.24. The third kappa shape index (κ3) is 7.84. The highest BCUT2D eigenvalue weighted by atomic mass is 15.2. The van der Waals surface area contributed by atoms with Crippen molar-refractivity contribution in [2.45, 2.75) is 92.2 Å². The van der Waals surface area contributed by atoms with Crippen LogP contribution in [0.4, 0.5) is 0 Å². The Morgan fingerprint density at radius 2 is 1.00 bits per heavy atom. The fraction of sp³-hybridized carbons (Fsp3) is 1.00. The summed E-state index contributed by atoms with van der Waals surface area (Å²) >= 11 is 0. The van der Waals surface area contributed by atoms with E-state index in [-0.39, 0.29) is 11.1 Å². The topological polar surface area (TPSA) is 24.7 Å². The van der Waals surface area contributed by atoms with E-state index in [1.165, 1.54) is 12.8 Å². The highest BCUT2D eigenvalue weighted by molar-refractivity contribution is 4.82. The first-order valence-electron chi connectivity index (χ1n) is 7.56. The van der Waals surface area contributed by atoms with Crippen LogP contribution in [0.25, 0.3) is 0 Å². The van der Waals surface area contributed by atoms with Crippen LogP contribution in [0.3, 0.4) is 0 Å². The molecule has 108 valence electrons. The quantitative estimate of drug-likeness (QED) is 0.484. The summed E-state index contributed by atoms with van der Waals surface area (Å²) in [4.78, 5) is 0. The van der Waals surface area contributed by atoms with Crippen molar-refractivity contribution in [1.29, 1.82) is 0 Å². The van der Waals surface area contributed by atoms with Crippen molar-refractivity contribution >= 4 is 0 Å². The normalized spacial score (nSPS) is 17.1. The first kappa shape index (κ1) is 17.6. The van der Waals surface area contributed by atoms with Gasteiger partial charge in [-0.25, -0.2) is 0 Å². The smallest absolute Gasteiger partial charge is 0.0762 e. The highest BCUT2D eigenvalue weighted by Gasteiger charge is 2.24. The van der Waals surface area contributed by atoms with Gasteiger partial charge in [-0.3, -0.25) is 0 Å². The minimum atomic E-state index is -0.0256. The largest absolute Gasteiger partial charge is 0.187 e. The summed E-state index contributed by atoms with van der Waals surface area (Å²) in [5.74, 6) is 1.44. The maximum atomic E-state index is 4.63. The van der Waals surface area contributed by atoms with E-state index in [0.29, 0.717) is 0 Å². The fourth-order valence-corrected chi connectivity index (χ4v) is 2.35. The molecule has 0 rings (SSSR count). The molecular formula is C16H34N2.